The molecule has 3 N–H and O–H groups in total. The molecule has 0 radical (unpaired) electrons. The molecule has 0 saturated heterocycles. The predicted octanol–water partition coefficient (Wildman–Crippen LogP) is 6.69. The number of ether oxygens (including phenoxy) is 1. The Labute approximate surface area is 245 Å². The second kappa shape index (κ2) is 26.0. The number of amides is 2. The zero-order chi connectivity index (χ0) is 28.9. The number of benzene rings is 1. The van der Waals surface area contributed by atoms with E-state index in [4.69, 9.17) is 4.74 Å². The highest BCUT2D eigenvalue weighted by Gasteiger charge is 2.08. The van der Waals surface area contributed by atoms with Gasteiger partial charge in [0.25, 0.3) is 5.91 Å². The number of hydrogen-bond donors (Lipinski definition) is 3. The summed E-state index contributed by atoms with van der Waals surface area (Å²) in [4.78, 5) is 23.8. The first-order valence-corrected chi connectivity index (χ1v) is 15.2. The number of nitrogens with one attached hydrogen (secondary N) is 2. The van der Waals surface area contributed by atoms with Crippen molar-refractivity contribution in [3.05, 3.63) is 103 Å². The lowest BCUT2D eigenvalue weighted by Crippen LogP contribution is -2.31. The minimum absolute atomic E-state index is 0.0207. The Morgan fingerprint density at radius 1 is 0.750 bits per heavy atom. The Morgan fingerprint density at radius 2 is 1.25 bits per heavy atom. The second-order valence-electron chi connectivity index (χ2n) is 8.67. The monoisotopic (exact) mass is 566 g/mol. The molecule has 0 unspecified atom stereocenters. The highest BCUT2D eigenvalue weighted by Crippen LogP contribution is 2.14. The Balaban J connectivity index is 1.91. The van der Waals surface area contributed by atoms with Crippen LogP contribution in [0.3, 0.4) is 0 Å². The van der Waals surface area contributed by atoms with Crippen molar-refractivity contribution in [3.63, 3.8) is 0 Å². The van der Waals surface area contributed by atoms with E-state index in [1.165, 1.54) is 6.07 Å². The third kappa shape index (κ3) is 20.6. The summed E-state index contributed by atoms with van der Waals surface area (Å²) >= 11 is 1.57. The number of para-hydroxylation sites is 1. The Kier molecular flexibility index (Phi) is 22.5. The van der Waals surface area contributed by atoms with Gasteiger partial charge in [-0.3, -0.25) is 9.59 Å². The summed E-state index contributed by atoms with van der Waals surface area (Å²) in [6.45, 7) is 3.59. The standard InChI is InChI=1S/C33H46N2O4S/c1-2-3-4-5-6-7-8-9-10-11-12-13-14-15-16-17-18-21-28-40-29-32(37)34-24-26-39-27-25-35-33(38)30-22-19-20-23-31(30)36/h3-4,6-7,9-10,12-13,15-16,18-23,36H,2,5,8,11,14,17,24-29H2,1H3,(H,34,37)(H,35,38). The van der Waals surface area contributed by atoms with Gasteiger partial charge < -0.3 is 20.5 Å². The zero-order valence-corrected chi connectivity index (χ0v) is 24.6. The van der Waals surface area contributed by atoms with Crippen molar-refractivity contribution in [2.24, 2.45) is 0 Å². The van der Waals surface area contributed by atoms with Crippen LogP contribution in [0.1, 0.15) is 55.8 Å². The molecule has 0 spiro atoms. The highest BCUT2D eigenvalue weighted by atomic mass is 32.2. The number of carbonyl (C=O) groups is 2. The molecule has 6 nitrogen and oxygen atoms in total. The fourth-order valence-electron chi connectivity index (χ4n) is 3.22. The van der Waals surface area contributed by atoms with E-state index >= 15 is 0 Å². The molecular formula is C33H46N2O4S. The van der Waals surface area contributed by atoms with Crippen molar-refractivity contribution >= 4 is 23.6 Å². The molecule has 40 heavy (non-hydrogen) atoms. The Hall–Kier alpha value is -3.29. The van der Waals surface area contributed by atoms with Gasteiger partial charge in [-0.1, -0.05) is 92.0 Å². The van der Waals surface area contributed by atoms with Crippen molar-refractivity contribution in [2.45, 2.75) is 45.4 Å². The molecular weight excluding hydrogens is 520 g/mol. The van der Waals surface area contributed by atoms with E-state index in [2.05, 4.69) is 90.5 Å². The molecule has 0 aliphatic rings. The molecule has 218 valence electrons. The van der Waals surface area contributed by atoms with Gasteiger partial charge in [0.2, 0.25) is 5.91 Å². The Bertz CT molecular complexity index is 996. The van der Waals surface area contributed by atoms with Crippen LogP contribution in [0.25, 0.3) is 0 Å². The van der Waals surface area contributed by atoms with E-state index in [0.29, 0.717) is 32.1 Å². The van der Waals surface area contributed by atoms with Crippen molar-refractivity contribution < 1.29 is 19.4 Å². The quantitative estimate of drug-likeness (QED) is 0.108. The normalized spacial score (nSPS) is 12.2. The van der Waals surface area contributed by atoms with Gasteiger partial charge in [0.15, 0.2) is 0 Å². The summed E-state index contributed by atoms with van der Waals surface area (Å²) in [5.41, 5.74) is 0.233. The van der Waals surface area contributed by atoms with Gasteiger partial charge >= 0.3 is 0 Å². The number of rotatable bonds is 22. The highest BCUT2D eigenvalue weighted by molar-refractivity contribution is 8.00. The molecule has 0 heterocycles. The number of aromatic hydroxyl groups is 1. The topological polar surface area (TPSA) is 87.7 Å². The van der Waals surface area contributed by atoms with E-state index in [0.717, 1.165) is 44.3 Å². The molecule has 0 aliphatic heterocycles. The molecule has 0 bridgehead atoms. The third-order valence-corrected chi connectivity index (χ3v) is 6.19. The van der Waals surface area contributed by atoms with E-state index < -0.39 is 0 Å². The summed E-state index contributed by atoms with van der Waals surface area (Å²) in [6, 6.07) is 6.38. The first-order valence-electron chi connectivity index (χ1n) is 14.0. The molecule has 0 saturated carbocycles. The van der Waals surface area contributed by atoms with Gasteiger partial charge in [0.05, 0.1) is 24.5 Å². The van der Waals surface area contributed by atoms with Crippen molar-refractivity contribution in [1.29, 1.82) is 0 Å². The zero-order valence-electron chi connectivity index (χ0n) is 23.8. The lowest BCUT2D eigenvalue weighted by Gasteiger charge is -2.08. The van der Waals surface area contributed by atoms with Crippen LogP contribution >= 0.6 is 11.8 Å². The van der Waals surface area contributed by atoms with Gasteiger partial charge in [-0.2, -0.15) is 0 Å². The maximum absolute atomic E-state index is 12.0. The maximum atomic E-state index is 12.0. The van der Waals surface area contributed by atoms with Crippen molar-refractivity contribution in [3.8, 4) is 5.75 Å². The molecule has 0 fully saturated rings. The SMILES string of the molecule is CCC=CCC=CCC=CCC=CCC=CCC=CCSCC(=O)NCCOCCNC(=O)c1ccccc1O. The molecule has 0 aliphatic carbocycles. The summed E-state index contributed by atoms with van der Waals surface area (Å²) in [6.07, 6.45) is 32.0. The van der Waals surface area contributed by atoms with Gasteiger partial charge in [0.1, 0.15) is 5.75 Å². The van der Waals surface area contributed by atoms with Crippen molar-refractivity contribution in [1.82, 2.24) is 10.6 Å². The fraction of sp³-hybridized carbons (Fsp3) is 0.394. The fourth-order valence-corrected chi connectivity index (χ4v) is 3.90. The van der Waals surface area contributed by atoms with Gasteiger partial charge in [0, 0.05) is 18.8 Å². The van der Waals surface area contributed by atoms with E-state index in [9.17, 15) is 14.7 Å². The van der Waals surface area contributed by atoms with E-state index in [-0.39, 0.29) is 23.1 Å². The lowest BCUT2D eigenvalue weighted by molar-refractivity contribution is -0.118. The molecule has 1 aromatic rings. The number of allylic oxidation sites excluding steroid dienone is 11. The predicted molar refractivity (Wildman–Crippen MR) is 170 cm³/mol. The second-order valence-corrected chi connectivity index (χ2v) is 9.70. The minimum atomic E-state index is -0.348. The molecule has 2 amide bonds. The van der Waals surface area contributed by atoms with Crippen LogP contribution in [0, 0.1) is 0 Å². The number of phenols is 1. The minimum Gasteiger partial charge on any atom is -0.507 e. The molecule has 0 atom stereocenters. The largest absolute Gasteiger partial charge is 0.507 e. The van der Waals surface area contributed by atoms with Crippen molar-refractivity contribution in [2.75, 3.05) is 37.8 Å². The summed E-state index contributed by atoms with van der Waals surface area (Å²) in [5, 5.41) is 15.2. The first-order chi connectivity index (χ1) is 19.6. The van der Waals surface area contributed by atoms with Gasteiger partial charge in [-0.15, -0.1) is 11.8 Å². The molecule has 0 aromatic heterocycles. The summed E-state index contributed by atoms with van der Waals surface area (Å²) < 4.78 is 5.42. The first kappa shape index (κ1) is 34.7. The summed E-state index contributed by atoms with van der Waals surface area (Å²) in [7, 11) is 0. The van der Waals surface area contributed by atoms with Crippen LogP contribution in [-0.4, -0.2) is 54.7 Å². The summed E-state index contributed by atoms with van der Waals surface area (Å²) in [5.74, 6) is 0.780. The van der Waals surface area contributed by atoms with E-state index in [1.54, 1.807) is 30.0 Å². The Morgan fingerprint density at radius 3 is 1.80 bits per heavy atom. The lowest BCUT2D eigenvalue weighted by atomic mass is 10.2. The average Bonchev–Trinajstić information content (AvgIpc) is 2.95. The number of phenolic OH excluding ortho intramolecular Hbond substituents is 1. The van der Waals surface area contributed by atoms with Crippen LogP contribution in [0.2, 0.25) is 0 Å². The number of thioether (sulfide) groups is 1. The van der Waals surface area contributed by atoms with Gasteiger partial charge in [-0.05, 0) is 50.7 Å². The van der Waals surface area contributed by atoms with Crippen LogP contribution in [-0.2, 0) is 9.53 Å². The average molecular weight is 567 g/mol. The van der Waals surface area contributed by atoms with E-state index in [1.807, 2.05) is 0 Å². The van der Waals surface area contributed by atoms with Crippen LogP contribution in [0.5, 0.6) is 5.75 Å². The molecule has 1 rings (SSSR count). The number of hydrogen-bond acceptors (Lipinski definition) is 5. The van der Waals surface area contributed by atoms with Crippen LogP contribution in [0.4, 0.5) is 0 Å². The van der Waals surface area contributed by atoms with Crippen LogP contribution < -0.4 is 10.6 Å². The smallest absolute Gasteiger partial charge is 0.255 e. The molecule has 1 aromatic carbocycles. The van der Waals surface area contributed by atoms with Crippen LogP contribution in [0.15, 0.2) is 97.2 Å². The molecule has 7 heteroatoms. The van der Waals surface area contributed by atoms with Gasteiger partial charge in [-0.25, -0.2) is 0 Å². The third-order valence-electron chi connectivity index (χ3n) is 5.29. The maximum Gasteiger partial charge on any atom is 0.255 e. The number of carbonyl (C=O) groups excluding carboxylic acids is 2.